The number of fused-ring (bicyclic) bond motifs is 3. The van der Waals surface area contributed by atoms with Crippen LogP contribution in [0.25, 0.3) is 17.5 Å². The molecule has 3 aromatic rings. The van der Waals surface area contributed by atoms with Gasteiger partial charge in [-0.1, -0.05) is 72.8 Å². The van der Waals surface area contributed by atoms with Crippen LogP contribution in [-0.4, -0.2) is 7.32 Å². The largest absolute Gasteiger partial charge is 0.648 e. The second-order valence-electron chi connectivity index (χ2n) is 8.95. The lowest BCUT2D eigenvalue weighted by Gasteiger charge is -2.32. The van der Waals surface area contributed by atoms with E-state index in [-0.39, 0.29) is 0 Å². The summed E-state index contributed by atoms with van der Waals surface area (Å²) in [5, 5.41) is 0. The van der Waals surface area contributed by atoms with Crippen molar-refractivity contribution < 1.29 is 53.5 Å². The van der Waals surface area contributed by atoms with Crippen LogP contribution >= 0.6 is 0 Å². The molecule has 3 aliphatic carbocycles. The van der Waals surface area contributed by atoms with Crippen molar-refractivity contribution in [1.29, 1.82) is 0 Å². The van der Waals surface area contributed by atoms with Crippen molar-refractivity contribution in [2.45, 2.75) is 17.6 Å². The Morgan fingerprint density at radius 1 is 0.425 bits per heavy atom. The summed E-state index contributed by atoms with van der Waals surface area (Å²) in [6.07, 6.45) is 0. The van der Waals surface area contributed by atoms with Crippen molar-refractivity contribution in [3.05, 3.63) is 124 Å². The molecule has 3 aromatic carbocycles. The van der Waals surface area contributed by atoms with E-state index in [1.165, 1.54) is 18.2 Å². The summed E-state index contributed by atoms with van der Waals surface area (Å²) in [4.78, 5) is 0. The quantitative estimate of drug-likeness (QED) is 0.222. The first kappa shape index (κ1) is 26.4. The van der Waals surface area contributed by atoms with Gasteiger partial charge in [0, 0.05) is 33.4 Å². The molecule has 0 N–H and O–H groups in total. The Kier molecular flexibility index (Phi) is 5.84. The monoisotopic (exact) mass is 566 g/mol. The zero-order valence-corrected chi connectivity index (χ0v) is 19.6. The maximum absolute atomic E-state index is 16.1. The minimum atomic E-state index is -4.01. The van der Waals surface area contributed by atoms with Crippen molar-refractivity contribution in [1.82, 2.24) is 0 Å². The van der Waals surface area contributed by atoms with Crippen molar-refractivity contribution in [2.24, 2.45) is 0 Å². The van der Waals surface area contributed by atoms with Crippen molar-refractivity contribution in [3.8, 4) is 0 Å². The van der Waals surface area contributed by atoms with Crippen LogP contribution in [0, 0.1) is 0 Å². The van der Waals surface area contributed by atoms with E-state index in [0.717, 1.165) is 54.6 Å². The van der Waals surface area contributed by atoms with Gasteiger partial charge in [0.25, 0.3) is 17.6 Å². The van der Waals surface area contributed by atoms with Gasteiger partial charge in [0.2, 0.25) is 17.5 Å². The summed E-state index contributed by atoms with van der Waals surface area (Å²) < 4.78 is 151. The first-order valence-corrected chi connectivity index (χ1v) is 11.5. The molecule has 40 heavy (non-hydrogen) atoms. The fourth-order valence-electron chi connectivity index (χ4n) is 4.81. The second kappa shape index (κ2) is 8.85. The maximum Gasteiger partial charge on any atom is 0.648 e. The van der Waals surface area contributed by atoms with Gasteiger partial charge in [-0.25, -0.2) is 26.3 Å². The number of hydrogen-bond acceptors (Lipinski definition) is 3. The number of rotatable bonds is 6. The predicted octanol–water partition coefficient (Wildman–Crippen LogP) is 8.35. The van der Waals surface area contributed by atoms with Crippen LogP contribution in [0.2, 0.25) is 0 Å². The molecule has 3 atom stereocenters. The molecule has 0 spiro atoms. The standard InChI is InChI=1S/C27H12BF9O3/c29-19-13-7-1-4-10-16(13)25(35,22(19)32)38-28(39-26(36)17-11-5-2-8-14(17)20(30)23(26)33)40-27(37)18-12-6-3-9-15(18)21(31)24(27)34/h1-12H. The molecule has 0 bridgehead atoms. The van der Waals surface area contributed by atoms with Gasteiger partial charge >= 0.3 is 7.32 Å². The summed E-state index contributed by atoms with van der Waals surface area (Å²) >= 11 is 0. The normalized spacial score (nSPS) is 26.9. The first-order valence-electron chi connectivity index (χ1n) is 11.5. The molecule has 3 nitrogen and oxygen atoms in total. The molecular weight excluding hydrogens is 554 g/mol. The third-order valence-corrected chi connectivity index (χ3v) is 6.73. The lowest BCUT2D eigenvalue weighted by atomic mass is 10.0. The molecule has 0 heterocycles. The van der Waals surface area contributed by atoms with E-state index in [9.17, 15) is 26.3 Å². The Labute approximate surface area is 220 Å². The fraction of sp³-hybridized carbons (Fsp3) is 0.111. The summed E-state index contributed by atoms with van der Waals surface area (Å²) in [6, 6.07) is 12.5. The zero-order valence-electron chi connectivity index (χ0n) is 19.6. The summed E-state index contributed by atoms with van der Waals surface area (Å²) in [7, 11) is -3.31. The lowest BCUT2D eigenvalue weighted by Crippen LogP contribution is -2.45. The number of benzene rings is 3. The van der Waals surface area contributed by atoms with E-state index >= 15 is 13.2 Å². The van der Waals surface area contributed by atoms with Crippen LogP contribution in [0.15, 0.2) is 90.3 Å². The molecule has 6 rings (SSSR count). The van der Waals surface area contributed by atoms with E-state index < -0.39 is 93.2 Å². The van der Waals surface area contributed by atoms with E-state index in [1.54, 1.807) is 0 Å². The fourth-order valence-corrected chi connectivity index (χ4v) is 4.81. The van der Waals surface area contributed by atoms with E-state index in [0.29, 0.717) is 0 Å². The molecule has 0 fully saturated rings. The molecule has 3 unspecified atom stereocenters. The highest BCUT2D eigenvalue weighted by atomic mass is 19.2. The predicted molar refractivity (Wildman–Crippen MR) is 124 cm³/mol. The van der Waals surface area contributed by atoms with Crippen molar-refractivity contribution >= 4 is 24.8 Å². The molecule has 0 radical (unpaired) electrons. The lowest BCUT2D eigenvalue weighted by molar-refractivity contribution is -0.176. The third kappa shape index (κ3) is 3.47. The molecule has 0 aromatic heterocycles. The number of hydrogen-bond donors (Lipinski definition) is 0. The van der Waals surface area contributed by atoms with Gasteiger partial charge < -0.3 is 14.0 Å². The molecular formula is C27H12BF9O3. The van der Waals surface area contributed by atoms with Gasteiger partial charge in [-0.15, -0.1) is 0 Å². The smallest absolute Gasteiger partial charge is 0.344 e. The number of halogens is 9. The summed E-state index contributed by atoms with van der Waals surface area (Å²) in [5.41, 5.74) is -4.53. The Bertz CT molecular complexity index is 1480. The van der Waals surface area contributed by atoms with Gasteiger partial charge in [0.05, 0.1) is 0 Å². The van der Waals surface area contributed by atoms with Crippen molar-refractivity contribution in [2.75, 3.05) is 0 Å². The highest BCUT2D eigenvalue weighted by Gasteiger charge is 2.61. The Balaban J connectivity index is 1.47. The maximum atomic E-state index is 16.1. The molecule has 204 valence electrons. The van der Waals surface area contributed by atoms with Crippen molar-refractivity contribution in [3.63, 3.8) is 0 Å². The van der Waals surface area contributed by atoms with Gasteiger partial charge in [-0.3, -0.25) is 0 Å². The van der Waals surface area contributed by atoms with Crippen LogP contribution in [0.4, 0.5) is 39.5 Å². The van der Waals surface area contributed by atoms with E-state index in [4.69, 9.17) is 14.0 Å². The van der Waals surface area contributed by atoms with Crippen LogP contribution in [0.5, 0.6) is 0 Å². The Morgan fingerprint density at radius 3 is 0.950 bits per heavy atom. The minimum Gasteiger partial charge on any atom is -0.344 e. The number of alkyl halides is 3. The van der Waals surface area contributed by atoms with Gasteiger partial charge in [0.15, 0.2) is 17.5 Å². The van der Waals surface area contributed by atoms with Gasteiger partial charge in [0.1, 0.15) is 0 Å². The first-order chi connectivity index (χ1) is 18.9. The van der Waals surface area contributed by atoms with Gasteiger partial charge in [-0.2, -0.15) is 13.2 Å². The third-order valence-electron chi connectivity index (χ3n) is 6.73. The van der Waals surface area contributed by atoms with Crippen LogP contribution in [0.1, 0.15) is 33.4 Å². The molecule has 0 saturated heterocycles. The molecule has 0 amide bonds. The van der Waals surface area contributed by atoms with Gasteiger partial charge in [-0.05, 0) is 0 Å². The highest BCUT2D eigenvalue weighted by Crippen LogP contribution is 2.55. The molecule has 13 heteroatoms. The Morgan fingerprint density at radius 2 is 0.675 bits per heavy atom. The SMILES string of the molecule is FC1=C(F)C(F)(OB(OC2(F)C(F)=C(F)c3ccccc32)OC2(F)C(F)=C(F)c3ccccc32)c2ccccc21. The topological polar surface area (TPSA) is 27.7 Å². The molecule has 3 aliphatic rings. The Hall–Kier alpha value is -3.81. The minimum absolute atomic E-state index is 0.655. The average molecular weight is 566 g/mol. The summed E-state index contributed by atoms with van der Waals surface area (Å²) in [6.45, 7) is 0. The molecule has 0 saturated carbocycles. The van der Waals surface area contributed by atoms with E-state index in [2.05, 4.69) is 0 Å². The summed E-state index contributed by atoms with van der Waals surface area (Å²) in [5.74, 6) is -24.0. The highest BCUT2D eigenvalue weighted by molar-refractivity contribution is 6.37. The average Bonchev–Trinajstić information content (AvgIpc) is 3.36. The van der Waals surface area contributed by atoms with Crippen LogP contribution in [0.3, 0.4) is 0 Å². The zero-order chi connectivity index (χ0) is 28.6. The molecule has 0 aliphatic heterocycles. The van der Waals surface area contributed by atoms with Crippen LogP contribution < -0.4 is 0 Å². The van der Waals surface area contributed by atoms with E-state index in [1.807, 2.05) is 0 Å². The van der Waals surface area contributed by atoms with Crippen LogP contribution in [-0.2, 0) is 31.5 Å². The second-order valence-corrected chi connectivity index (χ2v) is 8.95.